The van der Waals surface area contributed by atoms with Crippen molar-refractivity contribution in [2.75, 3.05) is 0 Å². The van der Waals surface area contributed by atoms with Gasteiger partial charge in [0, 0.05) is 43.2 Å². The normalized spacial score (nSPS) is 11.4. The number of phenols is 12. The first-order valence-corrected chi connectivity index (χ1v) is 19.1. The zero-order valence-electron chi connectivity index (χ0n) is 32.3. The molecule has 0 saturated carbocycles. The van der Waals surface area contributed by atoms with Crippen LogP contribution in [0.1, 0.15) is 55.6 Å². The van der Waals surface area contributed by atoms with Crippen molar-refractivity contribution in [2.45, 2.75) is 32.1 Å². The van der Waals surface area contributed by atoms with E-state index in [0.717, 1.165) is 0 Å². The molecule has 0 unspecified atom stereocenters. The van der Waals surface area contributed by atoms with Crippen molar-refractivity contribution in [3.63, 3.8) is 0 Å². The zero-order valence-corrected chi connectivity index (χ0v) is 32.3. The molecule has 0 heterocycles. The molecule has 0 radical (unpaired) electrons. The number of benzene rings is 8. The maximum atomic E-state index is 12.1. The third kappa shape index (κ3) is 7.89. The highest BCUT2D eigenvalue weighted by atomic mass is 16.3. The highest BCUT2D eigenvalue weighted by Gasteiger charge is 2.23. The molecule has 0 aromatic heterocycles. The lowest BCUT2D eigenvalue weighted by Gasteiger charge is -2.20. The fraction of sp³-hybridized carbons (Fsp3) is 0.102. The molecule has 0 aliphatic heterocycles. The molecule has 8 rings (SSSR count). The molecular formula is C49H40O12. The second-order valence-electron chi connectivity index (χ2n) is 15.3. The molecule has 8 aromatic rings. The Bertz CT molecular complexity index is 2830. The van der Waals surface area contributed by atoms with Gasteiger partial charge in [-0.2, -0.15) is 0 Å². The van der Waals surface area contributed by atoms with Gasteiger partial charge in [0.2, 0.25) is 0 Å². The lowest BCUT2D eigenvalue weighted by atomic mass is 9.86. The molecule has 0 saturated heterocycles. The Morgan fingerprint density at radius 2 is 0.525 bits per heavy atom. The molecule has 308 valence electrons. The van der Waals surface area contributed by atoms with E-state index in [0.29, 0.717) is 77.2 Å². The van der Waals surface area contributed by atoms with Crippen molar-refractivity contribution in [1.82, 2.24) is 0 Å². The monoisotopic (exact) mass is 820 g/mol. The maximum absolute atomic E-state index is 12.1. The van der Waals surface area contributed by atoms with Gasteiger partial charge in [0.05, 0.1) is 0 Å². The minimum absolute atomic E-state index is 0.0960. The van der Waals surface area contributed by atoms with Gasteiger partial charge >= 0.3 is 0 Å². The van der Waals surface area contributed by atoms with Crippen LogP contribution in [0.5, 0.6) is 69.0 Å². The summed E-state index contributed by atoms with van der Waals surface area (Å²) in [6.45, 7) is 0. The molecule has 0 amide bonds. The molecule has 0 aliphatic rings. The molecular weight excluding hydrogens is 781 g/mol. The van der Waals surface area contributed by atoms with Crippen molar-refractivity contribution in [3.05, 3.63) is 165 Å². The van der Waals surface area contributed by atoms with Crippen LogP contribution in [0.3, 0.4) is 0 Å². The average molecular weight is 821 g/mol. The van der Waals surface area contributed by atoms with Gasteiger partial charge in [-0.15, -0.1) is 0 Å². The molecule has 0 spiro atoms. The maximum Gasteiger partial charge on any atom is 0.157 e. The first-order chi connectivity index (χ1) is 29.1. The summed E-state index contributed by atoms with van der Waals surface area (Å²) in [5.74, 6) is -3.16. The van der Waals surface area contributed by atoms with Gasteiger partial charge in [0.15, 0.2) is 46.0 Å². The van der Waals surface area contributed by atoms with Crippen LogP contribution in [-0.2, 0) is 32.1 Å². The Labute approximate surface area is 347 Å². The van der Waals surface area contributed by atoms with Crippen LogP contribution in [-0.4, -0.2) is 61.3 Å². The van der Waals surface area contributed by atoms with E-state index in [2.05, 4.69) is 0 Å². The van der Waals surface area contributed by atoms with Gasteiger partial charge in [-0.3, -0.25) is 0 Å². The summed E-state index contributed by atoms with van der Waals surface area (Å²) in [6.07, 6.45) is 0.387. The number of rotatable bonds is 10. The lowest BCUT2D eigenvalue weighted by Crippen LogP contribution is -2.01. The summed E-state index contributed by atoms with van der Waals surface area (Å²) in [5.41, 5.74) is 4.67. The Morgan fingerprint density at radius 3 is 0.820 bits per heavy atom. The highest BCUT2D eigenvalue weighted by Crippen LogP contribution is 2.44. The fourth-order valence-electron chi connectivity index (χ4n) is 7.90. The molecule has 0 fully saturated rings. The summed E-state index contributed by atoms with van der Waals surface area (Å²) in [7, 11) is 0. The first kappa shape index (κ1) is 39.7. The van der Waals surface area contributed by atoms with E-state index in [1.165, 1.54) is 60.7 Å². The summed E-state index contributed by atoms with van der Waals surface area (Å²) in [6, 6.07) is 27.3. The van der Waals surface area contributed by atoms with Crippen LogP contribution in [0.25, 0.3) is 21.5 Å². The van der Waals surface area contributed by atoms with E-state index in [9.17, 15) is 61.3 Å². The van der Waals surface area contributed by atoms with Crippen molar-refractivity contribution < 1.29 is 61.3 Å². The standard InChI is InChI=1S/C49H40O12/c50-38-5-1-24(13-44(38)56)9-30-17-28-19-32(11-26-3-7-40(52)46(58)15-26)48(60)36(34(28)22-42(30)54)21-37-35-23-43(55)31(10-25-2-6-39(51)45(57)14-25)18-29(35)20-33(49(37)61)12-27-4-8-41(53)47(59)16-27/h1-8,13-20,22-23,50-61H,9-12,21H2. The first-order valence-electron chi connectivity index (χ1n) is 19.1. The topological polar surface area (TPSA) is 243 Å². The second kappa shape index (κ2) is 15.6. The molecule has 12 N–H and O–H groups in total. The summed E-state index contributed by atoms with van der Waals surface area (Å²) in [5, 5.41) is 130. The summed E-state index contributed by atoms with van der Waals surface area (Å²) >= 11 is 0. The van der Waals surface area contributed by atoms with Gasteiger partial charge in [0.25, 0.3) is 0 Å². The molecule has 0 atom stereocenters. The molecule has 12 heteroatoms. The van der Waals surface area contributed by atoms with Crippen LogP contribution >= 0.6 is 0 Å². The molecule has 61 heavy (non-hydrogen) atoms. The van der Waals surface area contributed by atoms with E-state index < -0.39 is 0 Å². The van der Waals surface area contributed by atoms with Crippen molar-refractivity contribution in [3.8, 4) is 69.0 Å². The molecule has 0 aliphatic carbocycles. The number of hydrogen-bond donors (Lipinski definition) is 12. The van der Waals surface area contributed by atoms with Crippen molar-refractivity contribution in [1.29, 1.82) is 0 Å². The Morgan fingerprint density at radius 1 is 0.246 bits per heavy atom. The van der Waals surface area contributed by atoms with Crippen LogP contribution in [0.15, 0.2) is 109 Å². The Kier molecular flexibility index (Phi) is 10.1. The van der Waals surface area contributed by atoms with E-state index in [-0.39, 0.29) is 101 Å². The number of phenolic OH excluding ortho intramolecular Hbond substituents is 12. The molecule has 12 nitrogen and oxygen atoms in total. The highest BCUT2D eigenvalue weighted by molar-refractivity contribution is 5.95. The van der Waals surface area contributed by atoms with Crippen molar-refractivity contribution in [2.24, 2.45) is 0 Å². The summed E-state index contributed by atoms with van der Waals surface area (Å²) in [4.78, 5) is 0. The SMILES string of the molecule is Oc1ccc(Cc2cc3cc(Cc4ccc(O)c(O)c4)c(O)c(Cc4c(O)c(Cc5ccc(O)c(O)c5)cc5cc(Cc6ccc(O)c(O)c6)c(O)cc45)c3cc2O)cc1O. The predicted molar refractivity (Wildman–Crippen MR) is 228 cm³/mol. The van der Waals surface area contributed by atoms with Crippen LogP contribution < -0.4 is 0 Å². The van der Waals surface area contributed by atoms with E-state index in [1.54, 1.807) is 48.5 Å². The Balaban J connectivity index is 1.31. The largest absolute Gasteiger partial charge is 0.508 e. The lowest BCUT2D eigenvalue weighted by molar-refractivity contribution is 0.403. The average Bonchev–Trinajstić information content (AvgIpc) is 3.21. The van der Waals surface area contributed by atoms with Gasteiger partial charge < -0.3 is 61.3 Å². The number of fused-ring (bicyclic) bond motifs is 2. The summed E-state index contributed by atoms with van der Waals surface area (Å²) < 4.78 is 0. The van der Waals surface area contributed by atoms with Crippen LogP contribution in [0.4, 0.5) is 0 Å². The van der Waals surface area contributed by atoms with Gasteiger partial charge in [-0.05, 0) is 151 Å². The van der Waals surface area contributed by atoms with Crippen LogP contribution in [0, 0.1) is 0 Å². The zero-order chi connectivity index (χ0) is 43.3. The smallest absolute Gasteiger partial charge is 0.157 e. The fourth-order valence-corrected chi connectivity index (χ4v) is 7.90. The Hall–Kier alpha value is -8.12. The van der Waals surface area contributed by atoms with Gasteiger partial charge in [-0.1, -0.05) is 24.3 Å². The predicted octanol–water partition coefficient (Wildman–Crippen LogP) is 8.41. The number of aromatic hydroxyl groups is 12. The van der Waals surface area contributed by atoms with Gasteiger partial charge in [-0.25, -0.2) is 0 Å². The quantitative estimate of drug-likeness (QED) is 0.0582. The minimum atomic E-state index is -0.348. The molecule has 8 aromatic carbocycles. The van der Waals surface area contributed by atoms with E-state index >= 15 is 0 Å². The van der Waals surface area contributed by atoms with Gasteiger partial charge in [0.1, 0.15) is 23.0 Å². The van der Waals surface area contributed by atoms with Crippen molar-refractivity contribution >= 4 is 21.5 Å². The second-order valence-corrected chi connectivity index (χ2v) is 15.3. The van der Waals surface area contributed by atoms with Crippen LogP contribution in [0.2, 0.25) is 0 Å². The van der Waals surface area contributed by atoms with E-state index in [4.69, 9.17) is 0 Å². The van der Waals surface area contributed by atoms with E-state index in [1.807, 2.05) is 0 Å². The molecule has 0 bridgehead atoms. The minimum Gasteiger partial charge on any atom is -0.508 e. The number of hydrogen-bond acceptors (Lipinski definition) is 12. The third-order valence-corrected chi connectivity index (χ3v) is 11.1. The third-order valence-electron chi connectivity index (χ3n) is 11.1.